The minimum atomic E-state index is -0.957. The van der Waals surface area contributed by atoms with Crippen molar-refractivity contribution in [1.82, 2.24) is 4.90 Å². The maximum atomic E-state index is 12.1. The first-order valence-electron chi connectivity index (χ1n) is 6.84. The van der Waals surface area contributed by atoms with Crippen LogP contribution >= 0.6 is 11.6 Å². The summed E-state index contributed by atoms with van der Waals surface area (Å²) < 4.78 is 5.09. The summed E-state index contributed by atoms with van der Waals surface area (Å²) in [5.74, 6) is -1.12. The summed E-state index contributed by atoms with van der Waals surface area (Å²) in [6.07, 6.45) is 0.910. The first kappa shape index (κ1) is 16.2. The number of amides is 1. The van der Waals surface area contributed by atoms with Gasteiger partial charge < -0.3 is 9.64 Å². The maximum absolute atomic E-state index is 12.1. The lowest BCUT2D eigenvalue weighted by Crippen LogP contribution is -2.38. The molecule has 22 heavy (non-hydrogen) atoms. The molecule has 0 N–H and O–H groups in total. The van der Waals surface area contributed by atoms with Gasteiger partial charge in [-0.15, -0.1) is 0 Å². The molecular weight excluding hydrogens is 312 g/mol. The molecule has 1 aromatic carbocycles. The van der Waals surface area contributed by atoms with Gasteiger partial charge in [0.25, 0.3) is 11.6 Å². The Balaban J connectivity index is 2.09. The number of nitrogens with zero attached hydrogens (tertiary/aromatic N) is 2. The van der Waals surface area contributed by atoms with Gasteiger partial charge in [0.2, 0.25) is 0 Å². The van der Waals surface area contributed by atoms with Gasteiger partial charge in [-0.3, -0.25) is 14.9 Å². The molecule has 0 aliphatic carbocycles. The van der Waals surface area contributed by atoms with E-state index < -0.39 is 17.0 Å². The largest absolute Gasteiger partial charge is 0.449 e. The number of hydrogen-bond acceptors (Lipinski definition) is 5. The highest BCUT2D eigenvalue weighted by Crippen LogP contribution is 2.23. The molecule has 0 radical (unpaired) electrons. The van der Waals surface area contributed by atoms with E-state index in [2.05, 4.69) is 0 Å². The Bertz CT molecular complexity index is 613. The Kier molecular flexibility index (Phi) is 4.97. The third kappa shape index (κ3) is 3.54. The van der Waals surface area contributed by atoms with E-state index in [9.17, 15) is 19.7 Å². The lowest BCUT2D eigenvalue weighted by molar-refractivity contribution is -0.384. The monoisotopic (exact) mass is 326 g/mol. The third-order valence-corrected chi connectivity index (χ3v) is 3.76. The van der Waals surface area contributed by atoms with E-state index in [1.54, 1.807) is 4.90 Å². The third-order valence-electron chi connectivity index (χ3n) is 3.43. The van der Waals surface area contributed by atoms with Crippen LogP contribution < -0.4 is 0 Å². The predicted molar refractivity (Wildman–Crippen MR) is 78.8 cm³/mol. The Labute approximate surface area is 131 Å². The average Bonchev–Trinajstić information content (AvgIpc) is 3.00. The number of halogens is 1. The van der Waals surface area contributed by atoms with Crippen LogP contribution in [0.25, 0.3) is 0 Å². The van der Waals surface area contributed by atoms with Crippen molar-refractivity contribution in [3.63, 3.8) is 0 Å². The number of ether oxygens (including phenoxy) is 1. The smallest absolute Gasteiger partial charge is 0.340 e. The van der Waals surface area contributed by atoms with Crippen LogP contribution in [-0.2, 0) is 9.53 Å². The molecule has 1 saturated heterocycles. The molecule has 0 aromatic heterocycles. The molecule has 0 bridgehead atoms. The molecule has 7 nitrogen and oxygen atoms in total. The number of esters is 1. The molecule has 1 heterocycles. The molecule has 1 aliphatic rings. The minimum absolute atomic E-state index is 0.0384. The van der Waals surface area contributed by atoms with Crippen molar-refractivity contribution in [2.24, 2.45) is 0 Å². The predicted octanol–water partition coefficient (Wildman–Crippen LogP) is 2.42. The van der Waals surface area contributed by atoms with Gasteiger partial charge in [0.05, 0.1) is 15.5 Å². The van der Waals surface area contributed by atoms with Crippen molar-refractivity contribution >= 4 is 29.2 Å². The van der Waals surface area contributed by atoms with E-state index in [4.69, 9.17) is 16.3 Å². The van der Waals surface area contributed by atoms with E-state index in [1.807, 2.05) is 0 Å². The summed E-state index contributed by atoms with van der Waals surface area (Å²) in [7, 11) is 0. The van der Waals surface area contributed by atoms with Crippen molar-refractivity contribution in [2.75, 3.05) is 13.1 Å². The van der Waals surface area contributed by atoms with Crippen LogP contribution in [0.15, 0.2) is 18.2 Å². The fourth-order valence-electron chi connectivity index (χ4n) is 2.25. The number of carbonyl (C=O) groups is 2. The summed E-state index contributed by atoms with van der Waals surface area (Å²) in [4.78, 5) is 35.9. The van der Waals surface area contributed by atoms with Crippen LogP contribution in [0.3, 0.4) is 0 Å². The van der Waals surface area contributed by atoms with Crippen molar-refractivity contribution < 1.29 is 19.2 Å². The number of nitro benzene ring substituents is 1. The average molecular weight is 327 g/mol. The second-order valence-electron chi connectivity index (χ2n) is 5.00. The van der Waals surface area contributed by atoms with Gasteiger partial charge in [-0.25, -0.2) is 4.79 Å². The number of nitro groups is 1. The first-order chi connectivity index (χ1) is 10.4. The van der Waals surface area contributed by atoms with Crippen LogP contribution in [0.2, 0.25) is 5.02 Å². The molecular formula is C14H15ClN2O5. The van der Waals surface area contributed by atoms with Crippen LogP contribution in [-0.4, -0.2) is 40.9 Å². The second kappa shape index (κ2) is 6.74. The number of rotatable bonds is 4. The molecule has 1 amide bonds. The highest BCUT2D eigenvalue weighted by Gasteiger charge is 2.27. The van der Waals surface area contributed by atoms with Crippen molar-refractivity contribution in [2.45, 2.75) is 25.9 Å². The van der Waals surface area contributed by atoms with Crippen molar-refractivity contribution in [1.29, 1.82) is 0 Å². The van der Waals surface area contributed by atoms with Crippen molar-refractivity contribution in [3.8, 4) is 0 Å². The van der Waals surface area contributed by atoms with Gasteiger partial charge in [0, 0.05) is 25.2 Å². The number of likely N-dealkylation sites (tertiary alicyclic amines) is 1. The molecule has 118 valence electrons. The molecule has 1 aliphatic heterocycles. The lowest BCUT2D eigenvalue weighted by atomic mass is 10.2. The highest BCUT2D eigenvalue weighted by molar-refractivity contribution is 6.33. The van der Waals surface area contributed by atoms with Crippen LogP contribution in [0.1, 0.15) is 30.1 Å². The zero-order valence-corrected chi connectivity index (χ0v) is 12.7. The number of benzene rings is 1. The van der Waals surface area contributed by atoms with E-state index in [-0.39, 0.29) is 22.2 Å². The van der Waals surface area contributed by atoms with E-state index in [0.29, 0.717) is 13.1 Å². The molecule has 0 spiro atoms. The molecule has 8 heteroatoms. The lowest BCUT2D eigenvalue weighted by Gasteiger charge is -2.20. The Morgan fingerprint density at radius 2 is 2.00 bits per heavy atom. The van der Waals surface area contributed by atoms with Crippen LogP contribution in [0.4, 0.5) is 5.69 Å². The van der Waals surface area contributed by atoms with E-state index in [0.717, 1.165) is 18.9 Å². The zero-order valence-electron chi connectivity index (χ0n) is 12.0. The summed E-state index contributed by atoms with van der Waals surface area (Å²) in [5, 5.41) is 10.8. The highest BCUT2D eigenvalue weighted by atomic mass is 35.5. The molecule has 1 atom stereocenters. The Morgan fingerprint density at radius 1 is 1.36 bits per heavy atom. The van der Waals surface area contributed by atoms with E-state index in [1.165, 1.54) is 19.1 Å². The standard InChI is InChI=1S/C14H15ClN2O5/c1-9(13(18)16-6-2-3-7-16)22-14(19)11-8-10(17(20)21)4-5-12(11)15/h4-5,8-9H,2-3,6-7H2,1H3/t9-/m0/s1. The number of carbonyl (C=O) groups excluding carboxylic acids is 2. The SMILES string of the molecule is C[C@H](OC(=O)c1cc([N+](=O)[O-])ccc1Cl)C(=O)N1CCCC1. The molecule has 1 aromatic rings. The van der Waals surface area contributed by atoms with Gasteiger partial charge in [0.1, 0.15) is 0 Å². The maximum Gasteiger partial charge on any atom is 0.340 e. The fourth-order valence-corrected chi connectivity index (χ4v) is 2.45. The minimum Gasteiger partial charge on any atom is -0.449 e. The van der Waals surface area contributed by atoms with Crippen LogP contribution in [0.5, 0.6) is 0 Å². The molecule has 0 unspecified atom stereocenters. The van der Waals surface area contributed by atoms with Gasteiger partial charge in [-0.1, -0.05) is 11.6 Å². The number of hydrogen-bond donors (Lipinski definition) is 0. The second-order valence-corrected chi connectivity index (χ2v) is 5.41. The Morgan fingerprint density at radius 3 is 2.59 bits per heavy atom. The van der Waals surface area contributed by atoms with E-state index >= 15 is 0 Å². The molecule has 2 rings (SSSR count). The summed E-state index contributed by atoms with van der Waals surface area (Å²) in [5.41, 5.74) is -0.396. The van der Waals surface area contributed by atoms with Gasteiger partial charge >= 0.3 is 5.97 Å². The van der Waals surface area contributed by atoms with Crippen LogP contribution in [0, 0.1) is 10.1 Å². The van der Waals surface area contributed by atoms with Crippen molar-refractivity contribution in [3.05, 3.63) is 38.9 Å². The summed E-state index contributed by atoms with van der Waals surface area (Å²) in [6, 6.07) is 3.49. The van der Waals surface area contributed by atoms with Gasteiger partial charge in [-0.05, 0) is 25.8 Å². The number of non-ortho nitro benzene ring substituents is 1. The molecule has 0 saturated carbocycles. The topological polar surface area (TPSA) is 89.7 Å². The zero-order chi connectivity index (χ0) is 16.3. The summed E-state index contributed by atoms with van der Waals surface area (Å²) >= 11 is 5.87. The normalized spacial score (nSPS) is 15.5. The molecule has 1 fully saturated rings. The Hall–Kier alpha value is -2.15. The fraction of sp³-hybridized carbons (Fsp3) is 0.429. The first-order valence-corrected chi connectivity index (χ1v) is 7.21. The van der Waals surface area contributed by atoms with Gasteiger partial charge in [-0.2, -0.15) is 0 Å². The quantitative estimate of drug-likeness (QED) is 0.481. The summed E-state index contributed by atoms with van der Waals surface area (Å²) in [6.45, 7) is 2.78. The van der Waals surface area contributed by atoms with Gasteiger partial charge in [0.15, 0.2) is 6.10 Å².